The van der Waals surface area contributed by atoms with Crippen LogP contribution < -0.4 is 10.6 Å². The molecule has 2 rings (SSSR count). The Labute approximate surface area is 121 Å². The highest BCUT2D eigenvalue weighted by Gasteiger charge is 2.20. The van der Waals surface area contributed by atoms with Gasteiger partial charge in [0, 0.05) is 32.4 Å². The zero-order chi connectivity index (χ0) is 15.2. The lowest BCUT2D eigenvalue weighted by Crippen LogP contribution is -2.49. The smallest absolute Gasteiger partial charge is 0.338 e. The van der Waals surface area contributed by atoms with Crippen LogP contribution in [0.3, 0.4) is 0 Å². The summed E-state index contributed by atoms with van der Waals surface area (Å²) in [5, 5.41) is 14.5. The maximum atomic E-state index is 11.9. The Bertz CT molecular complexity index is 555. The van der Waals surface area contributed by atoms with Crippen LogP contribution in [0.25, 0.3) is 0 Å². The average Bonchev–Trinajstić information content (AvgIpc) is 2.53. The molecule has 1 fully saturated rings. The predicted octanol–water partition coefficient (Wildman–Crippen LogP) is -1.06. The number of nitrogens with one attached hydrogen (secondary N) is 2. The van der Waals surface area contributed by atoms with E-state index < -0.39 is 11.9 Å². The van der Waals surface area contributed by atoms with Crippen LogP contribution in [0.1, 0.15) is 20.8 Å². The Morgan fingerprint density at radius 1 is 1.33 bits per heavy atom. The van der Waals surface area contributed by atoms with Crippen molar-refractivity contribution in [3.8, 4) is 0 Å². The van der Waals surface area contributed by atoms with Crippen LogP contribution >= 0.6 is 0 Å². The maximum absolute atomic E-state index is 11.9. The molecular weight excluding hydrogens is 276 g/mol. The minimum atomic E-state index is -1.23. The molecule has 112 valence electrons. The largest absolute Gasteiger partial charge is 0.478 e. The van der Waals surface area contributed by atoms with E-state index in [0.717, 1.165) is 13.1 Å². The fraction of sp³-hybridized carbons (Fsp3) is 0.385. The number of carboxylic acids is 1. The van der Waals surface area contributed by atoms with E-state index in [4.69, 9.17) is 5.11 Å². The Hall–Kier alpha value is -2.48. The average molecular weight is 292 g/mol. The van der Waals surface area contributed by atoms with Gasteiger partial charge in [-0.2, -0.15) is 0 Å². The summed E-state index contributed by atoms with van der Waals surface area (Å²) >= 11 is 0. The number of pyridine rings is 1. The highest BCUT2D eigenvalue weighted by molar-refractivity contribution is 6.04. The summed E-state index contributed by atoms with van der Waals surface area (Å²) < 4.78 is 0. The number of hydrogen-bond donors (Lipinski definition) is 3. The number of nitrogens with zero attached hydrogens (tertiary/aromatic N) is 2. The van der Waals surface area contributed by atoms with E-state index in [1.54, 1.807) is 4.90 Å². The van der Waals surface area contributed by atoms with E-state index in [1.165, 1.54) is 18.3 Å². The number of piperazine rings is 1. The lowest BCUT2D eigenvalue weighted by molar-refractivity contribution is -0.130. The zero-order valence-corrected chi connectivity index (χ0v) is 11.3. The molecule has 8 heteroatoms. The van der Waals surface area contributed by atoms with E-state index in [9.17, 15) is 14.4 Å². The molecule has 21 heavy (non-hydrogen) atoms. The van der Waals surface area contributed by atoms with Gasteiger partial charge in [0.2, 0.25) is 5.91 Å². The third-order valence-electron chi connectivity index (χ3n) is 3.12. The van der Waals surface area contributed by atoms with Crippen LogP contribution in [-0.2, 0) is 4.79 Å². The summed E-state index contributed by atoms with van der Waals surface area (Å²) in [5.74, 6) is -2.10. The van der Waals surface area contributed by atoms with Crippen molar-refractivity contribution in [2.75, 3.05) is 32.7 Å². The van der Waals surface area contributed by atoms with Crippen molar-refractivity contribution in [3.05, 3.63) is 29.6 Å². The van der Waals surface area contributed by atoms with Crippen molar-refractivity contribution in [2.45, 2.75) is 0 Å². The maximum Gasteiger partial charge on any atom is 0.338 e. The first-order chi connectivity index (χ1) is 10.1. The molecule has 0 radical (unpaired) electrons. The Morgan fingerprint density at radius 3 is 2.71 bits per heavy atom. The van der Waals surface area contributed by atoms with Crippen LogP contribution in [0.15, 0.2) is 18.3 Å². The zero-order valence-electron chi connectivity index (χ0n) is 11.3. The molecule has 0 aromatic carbocycles. The number of rotatable bonds is 4. The number of carboxylic acid groups (broad SMARTS) is 1. The summed E-state index contributed by atoms with van der Waals surface area (Å²) in [6.07, 6.45) is 1.33. The van der Waals surface area contributed by atoms with Gasteiger partial charge in [0.1, 0.15) is 5.69 Å². The fourth-order valence-electron chi connectivity index (χ4n) is 2.02. The van der Waals surface area contributed by atoms with E-state index in [2.05, 4.69) is 15.6 Å². The molecule has 1 aliphatic rings. The molecule has 1 aromatic rings. The van der Waals surface area contributed by atoms with Crippen molar-refractivity contribution in [3.63, 3.8) is 0 Å². The van der Waals surface area contributed by atoms with Crippen molar-refractivity contribution >= 4 is 17.8 Å². The lowest BCUT2D eigenvalue weighted by Gasteiger charge is -2.27. The molecule has 2 amide bonds. The number of carbonyl (C=O) groups is 3. The highest BCUT2D eigenvalue weighted by atomic mass is 16.4. The molecule has 0 atom stereocenters. The predicted molar refractivity (Wildman–Crippen MR) is 73.0 cm³/mol. The highest BCUT2D eigenvalue weighted by Crippen LogP contribution is 2.05. The molecule has 8 nitrogen and oxygen atoms in total. The molecule has 1 saturated heterocycles. The van der Waals surface area contributed by atoms with Crippen LogP contribution in [-0.4, -0.2) is 65.5 Å². The molecule has 2 heterocycles. The molecule has 1 aromatic heterocycles. The molecule has 0 bridgehead atoms. The van der Waals surface area contributed by atoms with Crippen LogP contribution in [0.5, 0.6) is 0 Å². The van der Waals surface area contributed by atoms with Gasteiger partial charge in [-0.05, 0) is 12.1 Å². The summed E-state index contributed by atoms with van der Waals surface area (Å²) in [6.45, 7) is 2.47. The summed E-state index contributed by atoms with van der Waals surface area (Å²) in [7, 11) is 0. The van der Waals surface area contributed by atoms with E-state index in [1.807, 2.05) is 0 Å². The molecule has 0 aliphatic carbocycles. The second kappa shape index (κ2) is 6.80. The Balaban J connectivity index is 1.95. The number of hydrogen-bond acceptors (Lipinski definition) is 5. The van der Waals surface area contributed by atoms with Gasteiger partial charge in [-0.25, -0.2) is 4.79 Å². The van der Waals surface area contributed by atoms with Crippen molar-refractivity contribution < 1.29 is 19.5 Å². The van der Waals surface area contributed by atoms with E-state index in [0.29, 0.717) is 13.1 Å². The number of amides is 2. The third kappa shape index (κ3) is 3.76. The molecule has 1 aliphatic heterocycles. The van der Waals surface area contributed by atoms with Gasteiger partial charge in [-0.3, -0.25) is 14.6 Å². The summed E-state index contributed by atoms with van der Waals surface area (Å²) in [4.78, 5) is 40.3. The quantitative estimate of drug-likeness (QED) is 0.652. The lowest BCUT2D eigenvalue weighted by atomic mass is 10.2. The topological polar surface area (TPSA) is 112 Å². The number of carbonyl (C=O) groups excluding carboxylic acids is 2. The van der Waals surface area contributed by atoms with E-state index >= 15 is 0 Å². The second-order valence-electron chi connectivity index (χ2n) is 4.52. The minimum absolute atomic E-state index is 0.172. The SMILES string of the molecule is O=C(O)c1cccnc1C(=O)NCC(=O)N1CCNCC1. The number of aromatic carboxylic acids is 1. The molecule has 0 saturated carbocycles. The Morgan fingerprint density at radius 2 is 2.05 bits per heavy atom. The second-order valence-corrected chi connectivity index (χ2v) is 4.52. The van der Waals surface area contributed by atoms with Crippen LogP contribution in [0.2, 0.25) is 0 Å². The third-order valence-corrected chi connectivity index (χ3v) is 3.12. The van der Waals surface area contributed by atoms with Crippen molar-refractivity contribution in [1.29, 1.82) is 0 Å². The molecular formula is C13H16N4O4. The molecule has 0 spiro atoms. The fourth-order valence-corrected chi connectivity index (χ4v) is 2.02. The van der Waals surface area contributed by atoms with Crippen LogP contribution in [0.4, 0.5) is 0 Å². The van der Waals surface area contributed by atoms with Gasteiger partial charge in [0.05, 0.1) is 12.1 Å². The van der Waals surface area contributed by atoms with E-state index in [-0.39, 0.29) is 23.7 Å². The van der Waals surface area contributed by atoms with Gasteiger partial charge >= 0.3 is 5.97 Å². The van der Waals surface area contributed by atoms with Gasteiger partial charge in [0.15, 0.2) is 0 Å². The van der Waals surface area contributed by atoms with Crippen molar-refractivity contribution in [2.24, 2.45) is 0 Å². The van der Waals surface area contributed by atoms with Crippen molar-refractivity contribution in [1.82, 2.24) is 20.5 Å². The Kier molecular flexibility index (Phi) is 4.83. The monoisotopic (exact) mass is 292 g/mol. The standard InChI is InChI=1S/C13H16N4O4/c18-10(17-6-4-14-5-7-17)8-16-12(19)11-9(13(20)21)2-1-3-15-11/h1-3,14H,4-8H2,(H,16,19)(H,20,21). The summed E-state index contributed by atoms with van der Waals surface area (Å²) in [5.41, 5.74) is -0.386. The molecule has 0 unspecified atom stereocenters. The number of aromatic nitrogens is 1. The first-order valence-electron chi connectivity index (χ1n) is 6.54. The molecule has 3 N–H and O–H groups in total. The van der Waals surface area contributed by atoms with Gasteiger partial charge < -0.3 is 20.6 Å². The van der Waals surface area contributed by atoms with Crippen LogP contribution in [0, 0.1) is 0 Å². The normalized spacial score (nSPS) is 14.6. The van der Waals surface area contributed by atoms with Gasteiger partial charge in [-0.1, -0.05) is 0 Å². The first-order valence-corrected chi connectivity index (χ1v) is 6.54. The minimum Gasteiger partial charge on any atom is -0.478 e. The van der Waals surface area contributed by atoms with Gasteiger partial charge in [0.25, 0.3) is 5.91 Å². The van der Waals surface area contributed by atoms with Gasteiger partial charge in [-0.15, -0.1) is 0 Å². The first kappa shape index (κ1) is 14.9. The summed E-state index contributed by atoms with van der Waals surface area (Å²) in [6, 6.07) is 2.73.